The Bertz CT molecular complexity index is 206. The molecule has 15 heavy (non-hydrogen) atoms. The Hall–Kier alpha value is 0.647. The van der Waals surface area contributed by atoms with E-state index in [1.807, 2.05) is 0 Å². The van der Waals surface area contributed by atoms with Crippen molar-refractivity contribution in [2.45, 2.75) is 58.4 Å². The van der Waals surface area contributed by atoms with Crippen LogP contribution in [-0.4, -0.2) is 18.8 Å². The summed E-state index contributed by atoms with van der Waals surface area (Å²) in [5, 5.41) is 0.304. The molecule has 0 spiro atoms. The molecule has 0 aromatic heterocycles. The molecule has 0 radical (unpaired) electrons. The lowest BCUT2D eigenvalue weighted by molar-refractivity contribution is 0.223. The van der Waals surface area contributed by atoms with E-state index in [9.17, 15) is 0 Å². The molecule has 0 aliphatic rings. The highest BCUT2D eigenvalue weighted by molar-refractivity contribution is 14.1. The van der Waals surface area contributed by atoms with E-state index in [-0.39, 0.29) is 0 Å². The molecule has 0 bridgehead atoms. The third kappa shape index (κ3) is 5.50. The first-order valence-electron chi connectivity index (χ1n) is 5.61. The Morgan fingerprint density at radius 1 is 1.33 bits per heavy atom. The lowest BCUT2D eigenvalue weighted by atomic mass is 10.2. The first-order chi connectivity index (χ1) is 6.74. The Balaban J connectivity index is 4.51. The van der Waals surface area contributed by atoms with Crippen molar-refractivity contribution in [2.24, 2.45) is 0 Å². The maximum absolute atomic E-state index is 6.33. The molecule has 0 saturated carbocycles. The zero-order chi connectivity index (χ0) is 12.1. The van der Waals surface area contributed by atoms with E-state index in [1.165, 1.54) is 0 Å². The standard InChI is InChI=1S/C12H25IOSi/c1-7-8-11(9-10-13)14-15(5,6)12(2,3)4/h7-8,11H,9-10H2,1-6H3/b8-7+/t11-/m0/s1. The molecule has 0 rings (SSSR count). The predicted octanol–water partition coefficient (Wildman–Crippen LogP) is 4.78. The maximum atomic E-state index is 6.33. The molecular formula is C12H25IOSi. The van der Waals surface area contributed by atoms with Crippen LogP contribution in [0, 0.1) is 0 Å². The summed E-state index contributed by atoms with van der Waals surface area (Å²) in [4.78, 5) is 0. The van der Waals surface area contributed by atoms with Gasteiger partial charge in [0, 0.05) is 4.43 Å². The molecule has 0 N–H and O–H groups in total. The second-order valence-corrected chi connectivity index (χ2v) is 11.3. The minimum absolute atomic E-state index is 0.304. The van der Waals surface area contributed by atoms with Gasteiger partial charge in [0.15, 0.2) is 8.32 Å². The summed E-state index contributed by atoms with van der Waals surface area (Å²) >= 11 is 2.42. The van der Waals surface area contributed by atoms with E-state index in [0.717, 1.165) is 10.8 Å². The third-order valence-electron chi connectivity index (χ3n) is 3.05. The van der Waals surface area contributed by atoms with Gasteiger partial charge in [-0.05, 0) is 31.5 Å². The summed E-state index contributed by atoms with van der Waals surface area (Å²) in [5.41, 5.74) is 0. The SMILES string of the molecule is C/C=C/[C@@H](CCI)O[Si](C)(C)C(C)(C)C. The van der Waals surface area contributed by atoms with E-state index in [1.54, 1.807) is 0 Å². The van der Waals surface area contributed by atoms with Gasteiger partial charge in [0.2, 0.25) is 0 Å². The fourth-order valence-electron chi connectivity index (χ4n) is 1.07. The van der Waals surface area contributed by atoms with Crippen molar-refractivity contribution in [2.75, 3.05) is 4.43 Å². The minimum Gasteiger partial charge on any atom is -0.411 e. The average Bonchev–Trinajstić information content (AvgIpc) is 2.02. The van der Waals surface area contributed by atoms with Crippen LogP contribution in [0.1, 0.15) is 34.1 Å². The van der Waals surface area contributed by atoms with Crippen LogP contribution in [0.15, 0.2) is 12.2 Å². The van der Waals surface area contributed by atoms with E-state index < -0.39 is 8.32 Å². The van der Waals surface area contributed by atoms with Crippen molar-refractivity contribution >= 4 is 30.9 Å². The summed E-state index contributed by atoms with van der Waals surface area (Å²) in [5.74, 6) is 0. The van der Waals surface area contributed by atoms with Gasteiger partial charge in [-0.2, -0.15) is 0 Å². The molecule has 0 aliphatic heterocycles. The van der Waals surface area contributed by atoms with Gasteiger partial charge in [-0.15, -0.1) is 0 Å². The lowest BCUT2D eigenvalue weighted by Gasteiger charge is -2.38. The molecule has 0 aliphatic carbocycles. The molecule has 90 valence electrons. The van der Waals surface area contributed by atoms with Crippen molar-refractivity contribution in [3.63, 3.8) is 0 Å². The zero-order valence-corrected chi connectivity index (χ0v) is 14.1. The topological polar surface area (TPSA) is 9.23 Å². The van der Waals surface area contributed by atoms with Gasteiger partial charge >= 0.3 is 0 Å². The second kappa shape index (κ2) is 6.40. The van der Waals surface area contributed by atoms with Crippen molar-refractivity contribution in [1.29, 1.82) is 0 Å². The summed E-state index contributed by atoms with van der Waals surface area (Å²) in [7, 11) is -1.60. The Morgan fingerprint density at radius 3 is 2.20 bits per heavy atom. The van der Waals surface area contributed by atoms with E-state index in [0.29, 0.717) is 11.1 Å². The Morgan fingerprint density at radius 2 is 1.87 bits per heavy atom. The summed E-state index contributed by atoms with van der Waals surface area (Å²) in [6.07, 6.45) is 5.73. The van der Waals surface area contributed by atoms with Gasteiger partial charge < -0.3 is 4.43 Å². The van der Waals surface area contributed by atoms with Crippen molar-refractivity contribution < 1.29 is 4.43 Å². The Kier molecular flexibility index (Phi) is 6.67. The van der Waals surface area contributed by atoms with Gasteiger partial charge in [0.25, 0.3) is 0 Å². The average molecular weight is 340 g/mol. The molecule has 0 aromatic carbocycles. The monoisotopic (exact) mass is 340 g/mol. The van der Waals surface area contributed by atoms with Gasteiger partial charge in [-0.1, -0.05) is 55.5 Å². The van der Waals surface area contributed by atoms with E-state index >= 15 is 0 Å². The number of hydrogen-bond donors (Lipinski definition) is 0. The first-order valence-corrected chi connectivity index (χ1v) is 10.0. The molecule has 1 atom stereocenters. The molecule has 0 heterocycles. The lowest BCUT2D eigenvalue weighted by Crippen LogP contribution is -2.43. The molecule has 0 unspecified atom stereocenters. The second-order valence-electron chi connectivity index (χ2n) is 5.42. The summed E-state index contributed by atoms with van der Waals surface area (Å²) in [6.45, 7) is 13.6. The summed E-state index contributed by atoms with van der Waals surface area (Å²) < 4.78 is 7.48. The molecule has 1 nitrogen and oxygen atoms in total. The van der Waals surface area contributed by atoms with Crippen LogP contribution in [0.4, 0.5) is 0 Å². The van der Waals surface area contributed by atoms with Gasteiger partial charge in [0.05, 0.1) is 6.10 Å². The van der Waals surface area contributed by atoms with Crippen LogP contribution in [0.2, 0.25) is 18.1 Å². The summed E-state index contributed by atoms with van der Waals surface area (Å²) in [6, 6.07) is 0. The highest BCUT2D eigenvalue weighted by Gasteiger charge is 2.38. The molecule has 0 fully saturated rings. The fraction of sp³-hybridized carbons (Fsp3) is 0.833. The van der Waals surface area contributed by atoms with Gasteiger partial charge in [-0.3, -0.25) is 0 Å². The number of hydrogen-bond acceptors (Lipinski definition) is 1. The van der Waals surface area contributed by atoms with Crippen LogP contribution < -0.4 is 0 Å². The number of allylic oxidation sites excluding steroid dienone is 1. The van der Waals surface area contributed by atoms with Crippen molar-refractivity contribution in [1.82, 2.24) is 0 Å². The molecular weight excluding hydrogens is 315 g/mol. The predicted molar refractivity (Wildman–Crippen MR) is 80.4 cm³/mol. The number of halogens is 1. The highest BCUT2D eigenvalue weighted by atomic mass is 127. The smallest absolute Gasteiger partial charge is 0.192 e. The quantitative estimate of drug-likeness (QED) is 0.303. The largest absolute Gasteiger partial charge is 0.411 e. The van der Waals surface area contributed by atoms with Crippen molar-refractivity contribution in [3.05, 3.63) is 12.2 Å². The van der Waals surface area contributed by atoms with Crippen LogP contribution in [0.5, 0.6) is 0 Å². The number of rotatable bonds is 5. The van der Waals surface area contributed by atoms with Crippen LogP contribution in [0.25, 0.3) is 0 Å². The zero-order valence-electron chi connectivity index (χ0n) is 10.9. The van der Waals surface area contributed by atoms with E-state index in [2.05, 4.69) is 75.5 Å². The Labute approximate surface area is 110 Å². The van der Waals surface area contributed by atoms with Crippen LogP contribution in [-0.2, 0) is 4.43 Å². The van der Waals surface area contributed by atoms with Gasteiger partial charge in [0.1, 0.15) is 0 Å². The van der Waals surface area contributed by atoms with Crippen LogP contribution in [0.3, 0.4) is 0 Å². The molecule has 0 aromatic rings. The van der Waals surface area contributed by atoms with Crippen molar-refractivity contribution in [3.8, 4) is 0 Å². The maximum Gasteiger partial charge on any atom is 0.192 e. The first kappa shape index (κ1) is 15.6. The molecule has 0 amide bonds. The highest BCUT2D eigenvalue weighted by Crippen LogP contribution is 2.37. The van der Waals surface area contributed by atoms with Gasteiger partial charge in [-0.25, -0.2) is 0 Å². The van der Waals surface area contributed by atoms with Crippen LogP contribution >= 0.6 is 22.6 Å². The minimum atomic E-state index is -1.60. The molecule has 3 heteroatoms. The molecule has 0 saturated heterocycles. The third-order valence-corrected chi connectivity index (χ3v) is 8.18. The normalized spacial score (nSPS) is 15.9. The number of alkyl halides is 1. The fourth-order valence-corrected chi connectivity index (χ4v) is 2.99. The van der Waals surface area contributed by atoms with E-state index in [4.69, 9.17) is 4.43 Å².